The lowest BCUT2D eigenvalue weighted by Crippen LogP contribution is -1.98. The third-order valence-electron chi connectivity index (χ3n) is 2.03. The van der Waals surface area contributed by atoms with Crippen molar-refractivity contribution < 1.29 is 9.50 Å². The molecule has 0 saturated heterocycles. The van der Waals surface area contributed by atoms with Gasteiger partial charge in [0, 0.05) is 10.5 Å². The molecular weight excluding hydrogens is 229 g/mol. The van der Waals surface area contributed by atoms with E-state index in [2.05, 4.69) is 15.2 Å². The average Bonchev–Trinajstić information content (AvgIpc) is 2.70. The van der Waals surface area contributed by atoms with Crippen LogP contribution in [-0.2, 0) is 0 Å². The third-order valence-corrected chi connectivity index (χ3v) is 3.00. The van der Waals surface area contributed by atoms with E-state index < -0.39 is 11.9 Å². The fraction of sp³-hybridized carbons (Fsp3) is 0.200. The Bertz CT molecular complexity index is 473. The summed E-state index contributed by atoms with van der Waals surface area (Å²) in [6, 6.07) is 4.66. The third kappa shape index (κ3) is 2.23. The van der Waals surface area contributed by atoms with Gasteiger partial charge in [0.15, 0.2) is 5.16 Å². The molecular formula is C10H10FN3OS. The number of nitrogens with one attached hydrogen (secondary N) is 1. The Morgan fingerprint density at radius 1 is 1.50 bits per heavy atom. The van der Waals surface area contributed by atoms with Crippen molar-refractivity contribution in [3.63, 3.8) is 0 Å². The van der Waals surface area contributed by atoms with Crippen molar-refractivity contribution in [1.82, 2.24) is 15.2 Å². The monoisotopic (exact) mass is 239 g/mol. The van der Waals surface area contributed by atoms with Gasteiger partial charge in [-0.3, -0.25) is 5.10 Å². The number of aliphatic hydroxyl groups excluding tert-OH is 1. The molecule has 0 saturated carbocycles. The number of aromatic nitrogens is 3. The Balaban J connectivity index is 2.37. The van der Waals surface area contributed by atoms with Crippen molar-refractivity contribution in [3.8, 4) is 0 Å². The van der Waals surface area contributed by atoms with E-state index in [0.717, 1.165) is 0 Å². The van der Waals surface area contributed by atoms with Crippen molar-refractivity contribution >= 4 is 11.8 Å². The molecule has 84 valence electrons. The van der Waals surface area contributed by atoms with Crippen LogP contribution in [0, 0.1) is 5.82 Å². The van der Waals surface area contributed by atoms with E-state index in [4.69, 9.17) is 0 Å². The van der Waals surface area contributed by atoms with E-state index in [-0.39, 0.29) is 5.56 Å². The summed E-state index contributed by atoms with van der Waals surface area (Å²) in [5, 5.41) is 16.4. The predicted molar refractivity (Wildman–Crippen MR) is 57.5 cm³/mol. The van der Waals surface area contributed by atoms with Gasteiger partial charge in [-0.1, -0.05) is 6.07 Å². The summed E-state index contributed by atoms with van der Waals surface area (Å²) >= 11 is 1.23. The second-order valence-corrected chi connectivity index (χ2v) is 4.25. The number of rotatable bonds is 3. The molecule has 4 nitrogen and oxygen atoms in total. The summed E-state index contributed by atoms with van der Waals surface area (Å²) in [7, 11) is 0. The fourth-order valence-corrected chi connectivity index (χ4v) is 2.29. The molecule has 0 fully saturated rings. The number of nitrogens with zero attached hydrogens (tertiary/aromatic N) is 2. The van der Waals surface area contributed by atoms with Crippen molar-refractivity contribution in [2.24, 2.45) is 0 Å². The molecule has 1 aromatic carbocycles. The van der Waals surface area contributed by atoms with Crippen LogP contribution < -0.4 is 0 Å². The molecule has 0 spiro atoms. The van der Waals surface area contributed by atoms with Gasteiger partial charge in [0.05, 0.1) is 6.10 Å². The van der Waals surface area contributed by atoms with Crippen LogP contribution >= 0.6 is 11.8 Å². The molecule has 2 aromatic rings. The first kappa shape index (κ1) is 11.1. The van der Waals surface area contributed by atoms with Crippen LogP contribution in [0.4, 0.5) is 4.39 Å². The number of hydrogen-bond donors (Lipinski definition) is 2. The maximum absolute atomic E-state index is 13.5. The zero-order chi connectivity index (χ0) is 11.5. The molecule has 0 amide bonds. The highest BCUT2D eigenvalue weighted by Crippen LogP contribution is 2.32. The molecule has 0 radical (unpaired) electrons. The van der Waals surface area contributed by atoms with Gasteiger partial charge in [-0.25, -0.2) is 9.37 Å². The van der Waals surface area contributed by atoms with E-state index in [1.807, 2.05) is 0 Å². The first-order valence-corrected chi connectivity index (χ1v) is 5.50. The normalized spacial score (nSPS) is 12.7. The van der Waals surface area contributed by atoms with E-state index in [1.165, 1.54) is 31.1 Å². The molecule has 0 aliphatic carbocycles. The first-order chi connectivity index (χ1) is 7.68. The van der Waals surface area contributed by atoms with Crippen molar-refractivity contribution in [2.45, 2.75) is 23.1 Å². The van der Waals surface area contributed by atoms with Crippen LogP contribution in [0.5, 0.6) is 0 Å². The smallest absolute Gasteiger partial charge is 0.188 e. The van der Waals surface area contributed by atoms with E-state index >= 15 is 0 Å². The standard InChI is InChI=1S/C10H10FN3OS/c1-6(15)9-7(11)3-2-4-8(9)16-10-12-5-13-14-10/h2-6,15H,1H3,(H,12,13,14)/t6-/m0/s1. The molecule has 1 aromatic heterocycles. The van der Waals surface area contributed by atoms with Gasteiger partial charge in [-0.05, 0) is 30.8 Å². The van der Waals surface area contributed by atoms with Crippen LogP contribution in [0.25, 0.3) is 0 Å². The van der Waals surface area contributed by atoms with Gasteiger partial charge in [0.1, 0.15) is 12.1 Å². The van der Waals surface area contributed by atoms with Gasteiger partial charge < -0.3 is 5.11 Å². The number of halogens is 1. The molecule has 0 unspecified atom stereocenters. The Morgan fingerprint density at radius 2 is 2.31 bits per heavy atom. The summed E-state index contributed by atoms with van der Waals surface area (Å²) in [4.78, 5) is 4.57. The lowest BCUT2D eigenvalue weighted by molar-refractivity contribution is 0.191. The predicted octanol–water partition coefficient (Wildman–Crippen LogP) is 2.15. The maximum Gasteiger partial charge on any atom is 0.188 e. The lowest BCUT2D eigenvalue weighted by Gasteiger charge is -2.11. The molecule has 0 aliphatic heterocycles. The second kappa shape index (κ2) is 4.63. The molecule has 0 bridgehead atoms. The highest BCUT2D eigenvalue weighted by molar-refractivity contribution is 7.99. The molecule has 1 atom stereocenters. The maximum atomic E-state index is 13.5. The van der Waals surface area contributed by atoms with E-state index in [0.29, 0.717) is 10.1 Å². The zero-order valence-electron chi connectivity index (χ0n) is 8.51. The molecule has 1 heterocycles. The average molecular weight is 239 g/mol. The van der Waals surface area contributed by atoms with Crippen LogP contribution in [0.2, 0.25) is 0 Å². The van der Waals surface area contributed by atoms with Gasteiger partial charge in [0.25, 0.3) is 0 Å². The summed E-state index contributed by atoms with van der Waals surface area (Å²) in [5.41, 5.74) is 0.281. The molecule has 2 rings (SSSR count). The highest BCUT2D eigenvalue weighted by atomic mass is 32.2. The number of aromatic amines is 1. The Kier molecular flexibility index (Phi) is 3.21. The number of H-pyrrole nitrogens is 1. The largest absolute Gasteiger partial charge is 0.389 e. The first-order valence-electron chi connectivity index (χ1n) is 4.68. The topological polar surface area (TPSA) is 61.8 Å². The van der Waals surface area contributed by atoms with Crippen LogP contribution in [-0.4, -0.2) is 20.3 Å². The Morgan fingerprint density at radius 3 is 2.94 bits per heavy atom. The number of benzene rings is 1. The summed E-state index contributed by atoms with van der Waals surface area (Å²) < 4.78 is 13.5. The van der Waals surface area contributed by atoms with Gasteiger partial charge >= 0.3 is 0 Å². The van der Waals surface area contributed by atoms with Crippen molar-refractivity contribution in [2.75, 3.05) is 0 Å². The summed E-state index contributed by atoms with van der Waals surface area (Å²) in [6.45, 7) is 1.53. The van der Waals surface area contributed by atoms with Crippen molar-refractivity contribution in [3.05, 3.63) is 35.9 Å². The SMILES string of the molecule is C[C@H](O)c1c(F)cccc1Sc1ncn[nH]1. The molecule has 6 heteroatoms. The molecule has 16 heavy (non-hydrogen) atoms. The van der Waals surface area contributed by atoms with Gasteiger partial charge in [-0.15, -0.1) is 0 Å². The van der Waals surface area contributed by atoms with Gasteiger partial charge in [-0.2, -0.15) is 5.10 Å². The van der Waals surface area contributed by atoms with E-state index in [9.17, 15) is 9.50 Å². The van der Waals surface area contributed by atoms with Crippen LogP contribution in [0.1, 0.15) is 18.6 Å². The highest BCUT2D eigenvalue weighted by Gasteiger charge is 2.14. The number of hydrogen-bond acceptors (Lipinski definition) is 4. The minimum atomic E-state index is -0.855. The van der Waals surface area contributed by atoms with Crippen molar-refractivity contribution in [1.29, 1.82) is 0 Å². The van der Waals surface area contributed by atoms with Crippen LogP contribution in [0.15, 0.2) is 34.6 Å². The fourth-order valence-electron chi connectivity index (χ4n) is 1.36. The van der Waals surface area contributed by atoms with E-state index in [1.54, 1.807) is 12.1 Å². The quantitative estimate of drug-likeness (QED) is 0.861. The second-order valence-electron chi connectivity index (χ2n) is 3.22. The zero-order valence-corrected chi connectivity index (χ0v) is 9.33. The summed E-state index contributed by atoms with van der Waals surface area (Å²) in [6.07, 6.45) is 0.524. The minimum Gasteiger partial charge on any atom is -0.389 e. The van der Waals surface area contributed by atoms with Gasteiger partial charge in [0.2, 0.25) is 0 Å². The Hall–Kier alpha value is -1.40. The molecule has 0 aliphatic rings. The summed E-state index contributed by atoms with van der Waals surface area (Å²) in [5.74, 6) is -0.417. The number of aliphatic hydroxyl groups is 1. The lowest BCUT2D eigenvalue weighted by atomic mass is 10.1. The van der Waals surface area contributed by atoms with Crippen LogP contribution in [0.3, 0.4) is 0 Å². The molecule has 2 N–H and O–H groups in total. The minimum absolute atomic E-state index is 0.281. The Labute approximate surface area is 95.9 Å².